The van der Waals surface area contributed by atoms with Gasteiger partial charge in [0, 0.05) is 16.7 Å². The van der Waals surface area contributed by atoms with Gasteiger partial charge in [0.25, 0.3) is 0 Å². The third kappa shape index (κ3) is 4.16. The second kappa shape index (κ2) is 7.72. The van der Waals surface area contributed by atoms with Gasteiger partial charge in [-0.05, 0) is 31.2 Å². The molecule has 0 aliphatic carbocycles. The largest absolute Gasteiger partial charge is 0.359 e. The number of aromatic nitrogens is 1. The molecule has 9 heteroatoms. The minimum Gasteiger partial charge on any atom is -0.359 e. The van der Waals surface area contributed by atoms with E-state index in [9.17, 15) is 9.00 Å². The van der Waals surface area contributed by atoms with Crippen LogP contribution in [-0.4, -0.2) is 21.7 Å². The molecule has 1 N–H and O–H groups in total. The Labute approximate surface area is 166 Å². The number of nitrogens with zero attached hydrogens (tertiary/aromatic N) is 2. The van der Waals surface area contributed by atoms with Gasteiger partial charge < -0.3 is 9.84 Å². The van der Waals surface area contributed by atoms with Gasteiger partial charge in [-0.25, -0.2) is 9.00 Å². The number of amides is 2. The number of benzene rings is 2. The van der Waals surface area contributed by atoms with Crippen molar-refractivity contribution >= 4 is 44.6 Å². The third-order valence-corrected chi connectivity index (χ3v) is 6.02. The molecule has 1 unspecified atom stereocenters. The van der Waals surface area contributed by atoms with Crippen molar-refractivity contribution in [1.82, 2.24) is 5.16 Å². The molecule has 1 atom stereocenters. The summed E-state index contributed by atoms with van der Waals surface area (Å²) in [6.07, 6.45) is 1.40. The summed E-state index contributed by atoms with van der Waals surface area (Å²) in [7, 11) is -2.91. The quantitative estimate of drug-likeness (QED) is 0.589. The number of carbonyl (C=O) groups excluding carboxylic acids is 1. The molecule has 0 aliphatic heterocycles. The molecule has 0 bridgehead atoms. The maximum absolute atomic E-state index is 12.8. The Kier molecular flexibility index (Phi) is 5.55. The van der Waals surface area contributed by atoms with Crippen LogP contribution in [0.4, 0.5) is 10.5 Å². The third-order valence-electron chi connectivity index (χ3n) is 3.73. The van der Waals surface area contributed by atoms with Crippen LogP contribution in [-0.2, 0) is 9.73 Å². The Balaban J connectivity index is 1.98. The molecule has 2 amide bonds. The highest BCUT2D eigenvalue weighted by Gasteiger charge is 2.22. The molecule has 6 nitrogen and oxygen atoms in total. The second-order valence-corrected chi connectivity index (χ2v) is 8.77. The number of hydrogen-bond donors (Lipinski definition) is 1. The molecule has 0 saturated carbocycles. The molecular weight excluding hydrogens is 409 g/mol. The number of hydrogen-bond acceptors (Lipinski definition) is 4. The zero-order valence-corrected chi connectivity index (χ0v) is 16.7. The topological polar surface area (TPSA) is 84.6 Å². The second-order valence-electron chi connectivity index (χ2n) is 5.70. The lowest BCUT2D eigenvalue weighted by Gasteiger charge is -2.08. The van der Waals surface area contributed by atoms with Crippen LogP contribution in [0.2, 0.25) is 10.0 Å². The summed E-state index contributed by atoms with van der Waals surface area (Å²) in [6.45, 7) is 1.62. The van der Waals surface area contributed by atoms with Crippen molar-refractivity contribution < 1.29 is 13.5 Å². The fourth-order valence-corrected chi connectivity index (χ4v) is 4.13. The number of nitrogens with one attached hydrogen (secondary N) is 1. The fourth-order valence-electron chi connectivity index (χ4n) is 2.43. The summed E-state index contributed by atoms with van der Waals surface area (Å²) in [6, 6.07) is 12.8. The molecule has 0 aliphatic rings. The Morgan fingerprint density at radius 1 is 1.11 bits per heavy atom. The van der Waals surface area contributed by atoms with E-state index in [0.717, 1.165) is 0 Å². The van der Waals surface area contributed by atoms with Crippen LogP contribution >= 0.6 is 23.2 Å². The van der Waals surface area contributed by atoms with Gasteiger partial charge in [0.05, 0.1) is 19.8 Å². The van der Waals surface area contributed by atoms with Gasteiger partial charge in [0.2, 0.25) is 0 Å². The first kappa shape index (κ1) is 19.4. The zero-order valence-electron chi connectivity index (χ0n) is 14.4. The van der Waals surface area contributed by atoms with Crippen molar-refractivity contribution in [3.8, 4) is 11.3 Å². The van der Waals surface area contributed by atoms with Crippen molar-refractivity contribution in [3.63, 3.8) is 0 Å². The molecule has 27 heavy (non-hydrogen) atoms. The van der Waals surface area contributed by atoms with E-state index in [1.54, 1.807) is 55.5 Å². The van der Waals surface area contributed by atoms with E-state index in [1.165, 1.54) is 6.26 Å². The highest BCUT2D eigenvalue weighted by atomic mass is 35.5. The molecule has 3 aromatic rings. The summed E-state index contributed by atoms with van der Waals surface area (Å²) < 4.78 is 21.8. The van der Waals surface area contributed by atoms with Gasteiger partial charge in [0.15, 0.2) is 5.76 Å². The van der Waals surface area contributed by atoms with Gasteiger partial charge in [-0.1, -0.05) is 52.6 Å². The van der Waals surface area contributed by atoms with Gasteiger partial charge in [-0.3, -0.25) is 0 Å². The molecular formula is C18H15Cl2N3O3S. The summed E-state index contributed by atoms with van der Waals surface area (Å²) in [4.78, 5) is 12.9. The van der Waals surface area contributed by atoms with Gasteiger partial charge >= 0.3 is 6.03 Å². The molecule has 0 spiro atoms. The average Bonchev–Trinajstić information content (AvgIpc) is 2.96. The minimum absolute atomic E-state index is 0.266. The van der Waals surface area contributed by atoms with Crippen LogP contribution in [0.5, 0.6) is 0 Å². The SMILES string of the molecule is Cc1onc(-c2c(Cl)cccc2Cl)c1NC(=O)N=S(C)(=O)c1ccccc1. The van der Waals surface area contributed by atoms with Gasteiger partial charge in [-0.15, -0.1) is 4.36 Å². The van der Waals surface area contributed by atoms with Crippen molar-refractivity contribution in [2.75, 3.05) is 11.6 Å². The first-order valence-corrected chi connectivity index (χ1v) is 10.5. The van der Waals surface area contributed by atoms with Crippen molar-refractivity contribution in [3.05, 3.63) is 64.3 Å². The minimum atomic E-state index is -2.91. The molecule has 0 radical (unpaired) electrons. The normalized spacial score (nSPS) is 13.0. The molecule has 1 heterocycles. The summed E-state index contributed by atoms with van der Waals surface area (Å²) in [5, 5.41) is 7.23. The highest BCUT2D eigenvalue weighted by Crippen LogP contribution is 2.39. The van der Waals surface area contributed by atoms with E-state index < -0.39 is 15.8 Å². The van der Waals surface area contributed by atoms with Crippen molar-refractivity contribution in [2.24, 2.45) is 4.36 Å². The number of carbonyl (C=O) groups is 1. The Bertz CT molecular complexity index is 1100. The standard InChI is InChI=1S/C18H15Cl2N3O3S/c1-11-16(17(22-26-11)15-13(19)9-6-10-14(15)20)21-18(24)23-27(2,25)12-7-4-3-5-8-12/h3-10H,1-2H3,(H,21,24). The van der Waals surface area contributed by atoms with Crippen LogP contribution in [0.15, 0.2) is 62.3 Å². The smallest absolute Gasteiger partial charge is 0.354 e. The lowest BCUT2D eigenvalue weighted by molar-refractivity contribution is 0.260. The van der Waals surface area contributed by atoms with E-state index in [0.29, 0.717) is 26.3 Å². The number of rotatable bonds is 3. The van der Waals surface area contributed by atoms with Gasteiger partial charge in [-0.2, -0.15) is 0 Å². The number of urea groups is 1. The average molecular weight is 424 g/mol. The first-order valence-electron chi connectivity index (χ1n) is 7.78. The Morgan fingerprint density at radius 2 is 1.74 bits per heavy atom. The maximum atomic E-state index is 12.8. The molecule has 3 rings (SSSR count). The predicted octanol–water partition coefficient (Wildman–Crippen LogP) is 5.65. The maximum Gasteiger partial charge on any atom is 0.354 e. The molecule has 0 fully saturated rings. The number of aryl methyl sites for hydroxylation is 1. The molecule has 0 saturated heterocycles. The van der Waals surface area contributed by atoms with Crippen LogP contribution < -0.4 is 5.32 Å². The lowest BCUT2D eigenvalue weighted by Crippen LogP contribution is -2.11. The molecule has 140 valence electrons. The predicted molar refractivity (Wildman–Crippen MR) is 107 cm³/mol. The monoisotopic (exact) mass is 423 g/mol. The molecule has 2 aromatic carbocycles. The van der Waals surface area contributed by atoms with E-state index in [1.807, 2.05) is 0 Å². The summed E-state index contributed by atoms with van der Waals surface area (Å²) >= 11 is 12.4. The first-order chi connectivity index (χ1) is 12.8. The molecule has 1 aromatic heterocycles. The van der Waals surface area contributed by atoms with Crippen LogP contribution in [0.3, 0.4) is 0 Å². The van der Waals surface area contributed by atoms with Gasteiger partial charge in [0.1, 0.15) is 11.4 Å². The lowest BCUT2D eigenvalue weighted by atomic mass is 10.1. The van der Waals surface area contributed by atoms with E-state index in [2.05, 4.69) is 14.8 Å². The van der Waals surface area contributed by atoms with Crippen LogP contribution in [0.1, 0.15) is 5.76 Å². The Morgan fingerprint density at radius 3 is 2.37 bits per heavy atom. The number of anilines is 1. The Hall–Kier alpha value is -2.35. The number of halogens is 2. The van der Waals surface area contributed by atoms with E-state index in [-0.39, 0.29) is 11.4 Å². The highest BCUT2D eigenvalue weighted by molar-refractivity contribution is 7.93. The summed E-state index contributed by atoms with van der Waals surface area (Å²) in [5.41, 5.74) is 0.962. The van der Waals surface area contributed by atoms with Crippen LogP contribution in [0.25, 0.3) is 11.3 Å². The van der Waals surface area contributed by atoms with Crippen molar-refractivity contribution in [1.29, 1.82) is 0 Å². The van der Waals surface area contributed by atoms with Crippen molar-refractivity contribution in [2.45, 2.75) is 11.8 Å². The van der Waals surface area contributed by atoms with E-state index in [4.69, 9.17) is 27.7 Å². The zero-order chi connectivity index (χ0) is 19.6. The summed E-state index contributed by atoms with van der Waals surface area (Å²) in [5.74, 6) is 0.340. The van der Waals surface area contributed by atoms with Crippen LogP contribution in [0, 0.1) is 6.92 Å². The van der Waals surface area contributed by atoms with E-state index >= 15 is 0 Å². The fraction of sp³-hybridized carbons (Fsp3) is 0.111.